The molecule has 0 bridgehead atoms. The van der Waals surface area contributed by atoms with Gasteiger partial charge >= 0.3 is 0 Å². The molecule has 0 saturated carbocycles. The van der Waals surface area contributed by atoms with Crippen LogP contribution >= 0.6 is 23.2 Å². The van der Waals surface area contributed by atoms with E-state index in [1.165, 1.54) is 18.2 Å². The lowest BCUT2D eigenvalue weighted by Gasteiger charge is -2.09. The van der Waals surface area contributed by atoms with Gasteiger partial charge in [0.1, 0.15) is 5.82 Å². The summed E-state index contributed by atoms with van der Waals surface area (Å²) in [5.74, 6) is -1.46. The van der Waals surface area contributed by atoms with Gasteiger partial charge in [-0.1, -0.05) is 35.3 Å². The normalized spacial score (nSPS) is 10.2. The Morgan fingerprint density at radius 3 is 2.29 bits per heavy atom. The molecule has 0 aliphatic heterocycles. The number of amides is 1. The van der Waals surface area contributed by atoms with E-state index in [4.69, 9.17) is 23.2 Å². The highest BCUT2D eigenvalue weighted by Crippen LogP contribution is 2.35. The SMILES string of the molecule is O=C(Nc1c(Cl)cc([N+](=O)[O-])cc1Cl)c1ccccc1F. The average molecular weight is 329 g/mol. The van der Waals surface area contributed by atoms with Crippen LogP contribution in [0.1, 0.15) is 10.4 Å². The molecule has 108 valence electrons. The van der Waals surface area contributed by atoms with Gasteiger partial charge in [0, 0.05) is 12.1 Å². The molecule has 0 heterocycles. The number of nitro benzene ring substituents is 1. The summed E-state index contributed by atoms with van der Waals surface area (Å²) in [5, 5.41) is 12.8. The third-order valence-corrected chi connectivity index (χ3v) is 3.19. The molecule has 0 aliphatic rings. The highest BCUT2D eigenvalue weighted by Gasteiger charge is 2.18. The summed E-state index contributed by atoms with van der Waals surface area (Å²) in [6.45, 7) is 0. The van der Waals surface area contributed by atoms with Crippen LogP contribution in [0.15, 0.2) is 36.4 Å². The van der Waals surface area contributed by atoms with E-state index in [1.807, 2.05) is 0 Å². The van der Waals surface area contributed by atoms with E-state index >= 15 is 0 Å². The fourth-order valence-electron chi connectivity index (χ4n) is 1.61. The molecule has 0 fully saturated rings. The number of hydrogen-bond donors (Lipinski definition) is 1. The van der Waals surface area contributed by atoms with Crippen molar-refractivity contribution in [3.05, 3.63) is 67.9 Å². The zero-order valence-electron chi connectivity index (χ0n) is 10.3. The fraction of sp³-hybridized carbons (Fsp3) is 0. The van der Waals surface area contributed by atoms with Gasteiger partial charge in [0.05, 0.1) is 26.2 Å². The molecule has 0 aliphatic carbocycles. The number of carbonyl (C=O) groups excluding carboxylic acids is 1. The Kier molecular flexibility index (Phi) is 4.40. The molecule has 0 saturated heterocycles. The molecule has 0 aromatic heterocycles. The first kappa shape index (κ1) is 15.2. The highest BCUT2D eigenvalue weighted by molar-refractivity contribution is 6.40. The van der Waals surface area contributed by atoms with E-state index in [9.17, 15) is 19.3 Å². The predicted octanol–water partition coefficient (Wildman–Crippen LogP) is 4.29. The van der Waals surface area contributed by atoms with E-state index in [0.717, 1.165) is 18.2 Å². The minimum Gasteiger partial charge on any atom is -0.319 e. The van der Waals surface area contributed by atoms with Crippen molar-refractivity contribution < 1.29 is 14.1 Å². The molecule has 0 radical (unpaired) electrons. The van der Waals surface area contributed by atoms with Gasteiger partial charge in [-0.25, -0.2) is 4.39 Å². The van der Waals surface area contributed by atoms with E-state index in [0.29, 0.717) is 0 Å². The van der Waals surface area contributed by atoms with E-state index in [-0.39, 0.29) is 27.0 Å². The van der Waals surface area contributed by atoms with Gasteiger partial charge in [0.2, 0.25) is 0 Å². The second-order valence-electron chi connectivity index (χ2n) is 3.98. The van der Waals surface area contributed by atoms with Gasteiger partial charge in [-0.15, -0.1) is 0 Å². The minimum absolute atomic E-state index is 0.0165. The van der Waals surface area contributed by atoms with Gasteiger partial charge < -0.3 is 5.32 Å². The van der Waals surface area contributed by atoms with Gasteiger partial charge in [-0.2, -0.15) is 0 Å². The third kappa shape index (κ3) is 3.29. The molecule has 1 N–H and O–H groups in total. The molecule has 2 aromatic carbocycles. The number of anilines is 1. The van der Waals surface area contributed by atoms with Crippen molar-refractivity contribution in [2.24, 2.45) is 0 Å². The van der Waals surface area contributed by atoms with Crippen molar-refractivity contribution in [2.45, 2.75) is 0 Å². The van der Waals surface area contributed by atoms with Crippen LogP contribution in [-0.4, -0.2) is 10.8 Å². The van der Waals surface area contributed by atoms with Gasteiger partial charge in [0.25, 0.3) is 11.6 Å². The van der Waals surface area contributed by atoms with E-state index in [2.05, 4.69) is 5.32 Å². The van der Waals surface area contributed by atoms with Crippen molar-refractivity contribution in [1.82, 2.24) is 0 Å². The van der Waals surface area contributed by atoms with Gasteiger partial charge in [-0.3, -0.25) is 14.9 Å². The number of rotatable bonds is 3. The number of non-ortho nitro benzene ring substituents is 1. The lowest BCUT2D eigenvalue weighted by molar-refractivity contribution is -0.384. The molecule has 21 heavy (non-hydrogen) atoms. The summed E-state index contributed by atoms with van der Waals surface area (Å²) >= 11 is 11.7. The van der Waals surface area contributed by atoms with Crippen LogP contribution in [0.25, 0.3) is 0 Å². The second kappa shape index (κ2) is 6.07. The number of benzene rings is 2. The maximum absolute atomic E-state index is 13.5. The third-order valence-electron chi connectivity index (χ3n) is 2.59. The number of nitrogens with one attached hydrogen (secondary N) is 1. The van der Waals surface area contributed by atoms with Crippen molar-refractivity contribution in [3.63, 3.8) is 0 Å². The predicted molar refractivity (Wildman–Crippen MR) is 77.5 cm³/mol. The molecule has 1 amide bonds. The van der Waals surface area contributed by atoms with Crippen LogP contribution in [-0.2, 0) is 0 Å². The number of carbonyl (C=O) groups is 1. The molecule has 0 unspecified atom stereocenters. The van der Waals surface area contributed by atoms with Crippen LogP contribution < -0.4 is 5.32 Å². The van der Waals surface area contributed by atoms with Crippen molar-refractivity contribution in [3.8, 4) is 0 Å². The average Bonchev–Trinajstić information content (AvgIpc) is 2.42. The molecule has 8 heteroatoms. The molecule has 0 atom stereocenters. The van der Waals surface area contributed by atoms with Crippen LogP contribution in [0, 0.1) is 15.9 Å². The first-order valence-corrected chi connectivity index (χ1v) is 6.35. The first-order chi connectivity index (χ1) is 9.90. The summed E-state index contributed by atoms with van der Waals surface area (Å²) in [4.78, 5) is 21.9. The Labute approximate surface area is 128 Å². The lowest BCUT2D eigenvalue weighted by Crippen LogP contribution is -2.14. The van der Waals surface area contributed by atoms with Crippen LogP contribution in [0.5, 0.6) is 0 Å². The van der Waals surface area contributed by atoms with Gasteiger partial charge in [0.15, 0.2) is 0 Å². The van der Waals surface area contributed by atoms with Crippen molar-refractivity contribution >= 4 is 40.5 Å². The standard InChI is InChI=1S/C13H7Cl2FN2O3/c14-9-5-7(18(20)21)6-10(15)12(9)17-13(19)8-3-1-2-4-11(8)16/h1-6H,(H,17,19). The summed E-state index contributed by atoms with van der Waals surface area (Å²) in [6, 6.07) is 7.45. The molecule has 2 rings (SSSR count). The van der Waals surface area contributed by atoms with E-state index < -0.39 is 16.6 Å². The topological polar surface area (TPSA) is 72.2 Å². The molecular weight excluding hydrogens is 322 g/mol. The Balaban J connectivity index is 2.34. The maximum Gasteiger partial charge on any atom is 0.272 e. The Bertz CT molecular complexity index is 714. The Morgan fingerprint density at radius 1 is 1.19 bits per heavy atom. The smallest absolute Gasteiger partial charge is 0.272 e. The number of nitrogens with zero attached hydrogens (tertiary/aromatic N) is 1. The zero-order valence-corrected chi connectivity index (χ0v) is 11.8. The largest absolute Gasteiger partial charge is 0.319 e. The lowest BCUT2D eigenvalue weighted by atomic mass is 10.2. The van der Waals surface area contributed by atoms with E-state index in [1.54, 1.807) is 0 Å². The number of hydrogen-bond acceptors (Lipinski definition) is 3. The second-order valence-corrected chi connectivity index (χ2v) is 4.79. The molecule has 0 spiro atoms. The fourth-order valence-corrected chi connectivity index (χ4v) is 2.18. The summed E-state index contributed by atoms with van der Waals surface area (Å²) in [5.41, 5.74) is -0.519. The van der Waals surface area contributed by atoms with Crippen molar-refractivity contribution in [1.29, 1.82) is 0 Å². The minimum atomic E-state index is -0.759. The summed E-state index contributed by atoms with van der Waals surface area (Å²) in [7, 11) is 0. The first-order valence-electron chi connectivity index (χ1n) is 5.59. The van der Waals surface area contributed by atoms with Crippen molar-refractivity contribution in [2.75, 3.05) is 5.32 Å². The number of halogens is 3. The zero-order chi connectivity index (χ0) is 15.6. The summed E-state index contributed by atoms with van der Waals surface area (Å²) < 4.78 is 13.5. The molecular formula is C13H7Cl2FN2O3. The maximum atomic E-state index is 13.5. The Morgan fingerprint density at radius 2 is 1.76 bits per heavy atom. The molecule has 2 aromatic rings. The van der Waals surface area contributed by atoms with Crippen LogP contribution in [0.3, 0.4) is 0 Å². The Hall–Kier alpha value is -2.18. The van der Waals surface area contributed by atoms with Gasteiger partial charge in [-0.05, 0) is 12.1 Å². The van der Waals surface area contributed by atoms with Crippen LogP contribution in [0.4, 0.5) is 15.8 Å². The number of nitro groups is 1. The highest BCUT2D eigenvalue weighted by atomic mass is 35.5. The van der Waals surface area contributed by atoms with Crippen LogP contribution in [0.2, 0.25) is 10.0 Å². The monoisotopic (exact) mass is 328 g/mol. The quantitative estimate of drug-likeness (QED) is 0.674. The molecule has 5 nitrogen and oxygen atoms in total. The summed E-state index contributed by atoms with van der Waals surface area (Å²) in [6.07, 6.45) is 0.